The summed E-state index contributed by atoms with van der Waals surface area (Å²) in [6.07, 6.45) is 2.57. The van der Waals surface area contributed by atoms with Crippen molar-refractivity contribution in [2.75, 3.05) is 0 Å². The van der Waals surface area contributed by atoms with Gasteiger partial charge in [-0.3, -0.25) is 4.79 Å². The third-order valence-electron chi connectivity index (χ3n) is 3.87. The number of hydrogen-bond donors (Lipinski definition) is 0. The first kappa shape index (κ1) is 12.9. The molecule has 0 bridgehead atoms. The number of rotatable bonds is 2. The third kappa shape index (κ3) is 2.44. The van der Waals surface area contributed by atoms with E-state index in [2.05, 4.69) is 43.3 Å². The van der Waals surface area contributed by atoms with Crippen molar-refractivity contribution in [3.8, 4) is 0 Å². The molecule has 0 N–H and O–H groups in total. The molecule has 2 aromatic carbocycles. The van der Waals surface area contributed by atoms with Gasteiger partial charge in [0, 0.05) is 12.0 Å². The van der Waals surface area contributed by atoms with Crippen LogP contribution in [0.25, 0.3) is 5.57 Å². The molecule has 0 saturated heterocycles. The molecule has 0 unspecified atom stereocenters. The van der Waals surface area contributed by atoms with Gasteiger partial charge in [0.15, 0.2) is 5.78 Å². The van der Waals surface area contributed by atoms with Gasteiger partial charge in [0.1, 0.15) is 0 Å². The Bertz CT molecular complexity index is 648. The number of benzene rings is 2. The van der Waals surface area contributed by atoms with E-state index in [0.717, 1.165) is 35.1 Å². The van der Waals surface area contributed by atoms with Crippen LogP contribution in [0.1, 0.15) is 36.0 Å². The standard InChI is InChI=1S/C19H18O/c1-14-10-12-16(13-11-14)19(15-6-3-2-4-7-15)17-8-5-9-18(17)20/h2-4,6-7,10-13H,5,8-9H2,1H3/b19-17+. The zero-order chi connectivity index (χ0) is 13.9. The summed E-state index contributed by atoms with van der Waals surface area (Å²) in [5, 5.41) is 0. The lowest BCUT2D eigenvalue weighted by Crippen LogP contribution is -1.99. The number of carbonyl (C=O) groups is 1. The molecule has 0 atom stereocenters. The van der Waals surface area contributed by atoms with Gasteiger partial charge in [-0.2, -0.15) is 0 Å². The van der Waals surface area contributed by atoms with E-state index in [4.69, 9.17) is 0 Å². The van der Waals surface area contributed by atoms with Crippen molar-refractivity contribution in [1.82, 2.24) is 0 Å². The Labute approximate surface area is 120 Å². The molecule has 0 amide bonds. The molecular formula is C19H18O. The van der Waals surface area contributed by atoms with Crippen molar-refractivity contribution >= 4 is 11.4 Å². The second kappa shape index (κ2) is 5.46. The van der Waals surface area contributed by atoms with Gasteiger partial charge in [-0.25, -0.2) is 0 Å². The Hall–Kier alpha value is -2.15. The summed E-state index contributed by atoms with van der Waals surface area (Å²) in [4.78, 5) is 12.2. The van der Waals surface area contributed by atoms with Gasteiger partial charge in [0.25, 0.3) is 0 Å². The van der Waals surface area contributed by atoms with E-state index in [0.29, 0.717) is 12.2 Å². The molecule has 2 aromatic rings. The van der Waals surface area contributed by atoms with Crippen LogP contribution in [-0.4, -0.2) is 5.78 Å². The molecular weight excluding hydrogens is 244 g/mol. The van der Waals surface area contributed by atoms with Crippen molar-refractivity contribution < 1.29 is 4.79 Å². The number of carbonyl (C=O) groups excluding carboxylic acids is 1. The monoisotopic (exact) mass is 262 g/mol. The maximum atomic E-state index is 12.2. The molecule has 0 spiro atoms. The van der Waals surface area contributed by atoms with Crippen LogP contribution in [0.5, 0.6) is 0 Å². The second-order valence-corrected chi connectivity index (χ2v) is 5.36. The summed E-state index contributed by atoms with van der Waals surface area (Å²) in [6.45, 7) is 2.08. The number of hydrogen-bond acceptors (Lipinski definition) is 1. The van der Waals surface area contributed by atoms with Crippen molar-refractivity contribution in [3.05, 3.63) is 76.9 Å². The van der Waals surface area contributed by atoms with E-state index < -0.39 is 0 Å². The van der Waals surface area contributed by atoms with Gasteiger partial charge in [-0.15, -0.1) is 0 Å². The first-order valence-electron chi connectivity index (χ1n) is 7.14. The van der Waals surface area contributed by atoms with Gasteiger partial charge < -0.3 is 0 Å². The zero-order valence-corrected chi connectivity index (χ0v) is 11.7. The van der Waals surface area contributed by atoms with E-state index in [9.17, 15) is 4.79 Å². The Morgan fingerprint density at radius 2 is 1.50 bits per heavy atom. The van der Waals surface area contributed by atoms with Crippen molar-refractivity contribution in [2.45, 2.75) is 26.2 Å². The summed E-state index contributed by atoms with van der Waals surface area (Å²) in [5.74, 6) is 0.310. The van der Waals surface area contributed by atoms with Crippen LogP contribution in [0.2, 0.25) is 0 Å². The Kier molecular flexibility index (Phi) is 3.51. The molecule has 0 aliphatic heterocycles. The van der Waals surface area contributed by atoms with Crippen LogP contribution in [0.3, 0.4) is 0 Å². The first-order valence-corrected chi connectivity index (χ1v) is 7.14. The number of allylic oxidation sites excluding steroid dienone is 1. The average molecular weight is 262 g/mol. The van der Waals surface area contributed by atoms with Crippen LogP contribution in [-0.2, 0) is 4.79 Å². The van der Waals surface area contributed by atoms with Crippen molar-refractivity contribution in [3.63, 3.8) is 0 Å². The second-order valence-electron chi connectivity index (χ2n) is 5.36. The summed E-state index contributed by atoms with van der Waals surface area (Å²) >= 11 is 0. The lowest BCUT2D eigenvalue weighted by molar-refractivity contribution is -0.114. The van der Waals surface area contributed by atoms with Crippen LogP contribution < -0.4 is 0 Å². The number of Topliss-reactive ketones (excluding diaryl/α,β-unsaturated/α-hetero) is 1. The maximum absolute atomic E-state index is 12.2. The van der Waals surface area contributed by atoms with Gasteiger partial charge in [0.2, 0.25) is 0 Å². The number of aryl methyl sites for hydroxylation is 1. The molecule has 0 radical (unpaired) electrons. The minimum Gasteiger partial charge on any atom is -0.295 e. The molecule has 1 aliphatic rings. The predicted octanol–water partition coefficient (Wildman–Crippen LogP) is 4.55. The van der Waals surface area contributed by atoms with E-state index in [-0.39, 0.29) is 0 Å². The number of ketones is 1. The quantitative estimate of drug-likeness (QED) is 0.726. The molecule has 1 nitrogen and oxygen atoms in total. The highest BCUT2D eigenvalue weighted by atomic mass is 16.1. The highest BCUT2D eigenvalue weighted by Gasteiger charge is 2.22. The molecule has 1 aliphatic carbocycles. The largest absolute Gasteiger partial charge is 0.295 e. The zero-order valence-electron chi connectivity index (χ0n) is 11.7. The molecule has 0 heterocycles. The van der Waals surface area contributed by atoms with Gasteiger partial charge in [-0.05, 0) is 36.5 Å². The smallest absolute Gasteiger partial charge is 0.159 e. The van der Waals surface area contributed by atoms with E-state index in [1.165, 1.54) is 5.56 Å². The highest BCUT2D eigenvalue weighted by Crippen LogP contribution is 2.34. The van der Waals surface area contributed by atoms with E-state index >= 15 is 0 Å². The van der Waals surface area contributed by atoms with Crippen LogP contribution >= 0.6 is 0 Å². The lowest BCUT2D eigenvalue weighted by Gasteiger charge is -2.12. The van der Waals surface area contributed by atoms with Gasteiger partial charge in [-0.1, -0.05) is 60.2 Å². The Balaban J connectivity index is 2.19. The summed E-state index contributed by atoms with van der Waals surface area (Å²) in [7, 11) is 0. The SMILES string of the molecule is Cc1ccc(/C(=C2\CCCC2=O)c2ccccc2)cc1. The van der Waals surface area contributed by atoms with Crippen molar-refractivity contribution in [1.29, 1.82) is 0 Å². The van der Waals surface area contributed by atoms with Gasteiger partial charge >= 0.3 is 0 Å². The molecule has 100 valence electrons. The fourth-order valence-corrected chi connectivity index (χ4v) is 2.82. The summed E-state index contributed by atoms with van der Waals surface area (Å²) in [6, 6.07) is 18.7. The van der Waals surface area contributed by atoms with Crippen molar-refractivity contribution in [2.24, 2.45) is 0 Å². The molecule has 0 aromatic heterocycles. The molecule has 20 heavy (non-hydrogen) atoms. The topological polar surface area (TPSA) is 17.1 Å². The maximum Gasteiger partial charge on any atom is 0.159 e. The normalized spacial score (nSPS) is 17.4. The Morgan fingerprint density at radius 3 is 2.10 bits per heavy atom. The molecule has 3 rings (SSSR count). The molecule has 1 fully saturated rings. The fourth-order valence-electron chi connectivity index (χ4n) is 2.82. The first-order chi connectivity index (χ1) is 9.75. The molecule has 1 heteroatoms. The predicted molar refractivity (Wildman–Crippen MR) is 82.5 cm³/mol. The third-order valence-corrected chi connectivity index (χ3v) is 3.87. The summed E-state index contributed by atoms with van der Waals surface area (Å²) < 4.78 is 0. The average Bonchev–Trinajstić information content (AvgIpc) is 2.89. The highest BCUT2D eigenvalue weighted by molar-refractivity contribution is 6.07. The minimum atomic E-state index is 0.310. The molecule has 1 saturated carbocycles. The van der Waals surface area contributed by atoms with Crippen LogP contribution in [0.15, 0.2) is 60.2 Å². The summed E-state index contributed by atoms with van der Waals surface area (Å²) in [5.41, 5.74) is 5.64. The Morgan fingerprint density at radius 1 is 0.850 bits per heavy atom. The van der Waals surface area contributed by atoms with Crippen LogP contribution in [0, 0.1) is 6.92 Å². The minimum absolute atomic E-state index is 0.310. The fraction of sp³-hybridized carbons (Fsp3) is 0.211. The van der Waals surface area contributed by atoms with E-state index in [1.54, 1.807) is 0 Å². The van der Waals surface area contributed by atoms with Crippen LogP contribution in [0.4, 0.5) is 0 Å². The lowest BCUT2D eigenvalue weighted by atomic mass is 9.91. The van der Waals surface area contributed by atoms with E-state index in [1.807, 2.05) is 18.2 Å². The van der Waals surface area contributed by atoms with Gasteiger partial charge in [0.05, 0.1) is 0 Å².